The fourth-order valence-corrected chi connectivity index (χ4v) is 0.353. The van der Waals surface area contributed by atoms with E-state index in [4.69, 9.17) is 20.4 Å². The van der Waals surface area contributed by atoms with Gasteiger partial charge < -0.3 is 20.4 Å². The summed E-state index contributed by atoms with van der Waals surface area (Å²) in [4.78, 5) is 10.4. The lowest BCUT2D eigenvalue weighted by molar-refractivity contribution is -0.139. The number of carbonyl (C=O) groups is 1. The van der Waals surface area contributed by atoms with Gasteiger partial charge in [0.15, 0.2) is 0 Å². The van der Waals surface area contributed by atoms with Crippen molar-refractivity contribution < 1.29 is 25.2 Å². The fourth-order valence-electron chi connectivity index (χ4n) is 0.353. The van der Waals surface area contributed by atoms with Crippen LogP contribution < -0.4 is 0 Å². The molecule has 0 aliphatic heterocycles. The van der Waals surface area contributed by atoms with Crippen molar-refractivity contribution in [3.8, 4) is 0 Å². The van der Waals surface area contributed by atoms with Gasteiger partial charge in [-0.05, 0) is 6.08 Å². The molecule has 0 spiro atoms. The van der Waals surface area contributed by atoms with Gasteiger partial charge in [0, 0.05) is 0 Å². The summed E-state index contributed by atoms with van der Waals surface area (Å²) in [6, 6.07) is 0. The van der Waals surface area contributed by atoms with Crippen molar-refractivity contribution in [3.63, 3.8) is 0 Å². The summed E-state index contributed by atoms with van der Waals surface area (Å²) in [6.07, 6.45) is -1.43. The van der Waals surface area contributed by atoms with Crippen LogP contribution in [0.3, 0.4) is 0 Å². The first kappa shape index (κ1) is 10.2. The lowest BCUT2D eigenvalue weighted by Gasteiger charge is -1.98. The Morgan fingerprint density at radius 3 is 2.27 bits per heavy atom. The van der Waals surface area contributed by atoms with Crippen molar-refractivity contribution in [2.45, 2.75) is 12.4 Å². The largest absolute Gasteiger partial charge is 0.393 e. The third-order valence-electron chi connectivity index (χ3n) is 0.924. The van der Waals surface area contributed by atoms with Crippen LogP contribution in [0.1, 0.15) is 0 Å². The topological polar surface area (TPSA) is 98.0 Å². The molecule has 11 heavy (non-hydrogen) atoms. The van der Waals surface area contributed by atoms with Gasteiger partial charge in [0.05, 0.1) is 12.7 Å². The second kappa shape index (κ2) is 4.97. The molecule has 0 radical (unpaired) electrons. The summed E-state index contributed by atoms with van der Waals surface area (Å²) in [5.41, 5.74) is 0. The SMILES string of the molecule is O=C(/C=C/C(O)CO)C(O)O. The first-order valence-electron chi connectivity index (χ1n) is 2.95. The van der Waals surface area contributed by atoms with Crippen LogP contribution in [0.5, 0.6) is 0 Å². The van der Waals surface area contributed by atoms with Crippen LogP contribution in [0.2, 0.25) is 0 Å². The minimum atomic E-state index is -2.06. The van der Waals surface area contributed by atoms with Gasteiger partial charge in [-0.15, -0.1) is 0 Å². The Labute approximate surface area is 63.2 Å². The highest BCUT2D eigenvalue weighted by Crippen LogP contribution is 1.87. The van der Waals surface area contributed by atoms with E-state index < -0.39 is 24.8 Å². The maximum atomic E-state index is 10.4. The Bertz CT molecular complexity index is 151. The van der Waals surface area contributed by atoms with Gasteiger partial charge in [-0.1, -0.05) is 6.08 Å². The predicted octanol–water partition coefficient (Wildman–Crippen LogP) is -2.22. The molecule has 5 heteroatoms. The Hall–Kier alpha value is -0.750. The Morgan fingerprint density at radius 1 is 1.36 bits per heavy atom. The molecule has 0 aromatic carbocycles. The van der Waals surface area contributed by atoms with Gasteiger partial charge in [0.1, 0.15) is 0 Å². The Balaban J connectivity index is 3.83. The molecule has 0 saturated carbocycles. The molecular weight excluding hydrogens is 152 g/mol. The van der Waals surface area contributed by atoms with Crippen LogP contribution >= 0.6 is 0 Å². The zero-order valence-corrected chi connectivity index (χ0v) is 5.71. The van der Waals surface area contributed by atoms with Crippen molar-refractivity contribution in [2.24, 2.45) is 0 Å². The van der Waals surface area contributed by atoms with E-state index >= 15 is 0 Å². The van der Waals surface area contributed by atoms with Crippen molar-refractivity contribution in [1.82, 2.24) is 0 Å². The molecular formula is C6H10O5. The molecule has 0 aliphatic carbocycles. The number of hydrogen-bond donors (Lipinski definition) is 4. The molecule has 0 fully saturated rings. The zero-order valence-electron chi connectivity index (χ0n) is 5.71. The second-order valence-corrected chi connectivity index (χ2v) is 1.89. The van der Waals surface area contributed by atoms with Gasteiger partial charge in [-0.3, -0.25) is 4.79 Å². The molecule has 0 rings (SSSR count). The summed E-state index contributed by atoms with van der Waals surface area (Å²) >= 11 is 0. The number of hydrogen-bond acceptors (Lipinski definition) is 5. The highest BCUT2D eigenvalue weighted by molar-refractivity contribution is 5.92. The van der Waals surface area contributed by atoms with E-state index in [1.54, 1.807) is 0 Å². The second-order valence-electron chi connectivity index (χ2n) is 1.89. The minimum absolute atomic E-state index is 0.509. The number of aliphatic hydroxyl groups is 4. The minimum Gasteiger partial charge on any atom is -0.393 e. The van der Waals surface area contributed by atoms with E-state index in [0.717, 1.165) is 12.2 Å². The maximum absolute atomic E-state index is 10.4. The molecule has 0 heterocycles. The van der Waals surface area contributed by atoms with E-state index in [-0.39, 0.29) is 0 Å². The van der Waals surface area contributed by atoms with Crippen LogP contribution in [0.25, 0.3) is 0 Å². The molecule has 1 atom stereocenters. The molecule has 1 unspecified atom stereocenters. The maximum Gasteiger partial charge on any atom is 0.216 e. The number of carbonyl (C=O) groups excluding carboxylic acids is 1. The third kappa shape index (κ3) is 4.63. The van der Waals surface area contributed by atoms with E-state index in [9.17, 15) is 4.79 Å². The molecule has 64 valence electrons. The standard InChI is InChI=1S/C6H10O5/c7-3-4(8)1-2-5(9)6(10)11/h1-2,4,6-8,10-11H,3H2/b2-1+. The monoisotopic (exact) mass is 162 g/mol. The van der Waals surface area contributed by atoms with Crippen LogP contribution in [0.4, 0.5) is 0 Å². The molecule has 5 nitrogen and oxygen atoms in total. The zero-order chi connectivity index (χ0) is 8.85. The first-order chi connectivity index (χ1) is 5.07. The fraction of sp³-hybridized carbons (Fsp3) is 0.500. The van der Waals surface area contributed by atoms with Crippen LogP contribution in [0.15, 0.2) is 12.2 Å². The van der Waals surface area contributed by atoms with Crippen LogP contribution in [0, 0.1) is 0 Å². The molecule has 0 bridgehead atoms. The lowest BCUT2D eigenvalue weighted by atomic mass is 10.3. The first-order valence-corrected chi connectivity index (χ1v) is 2.95. The number of ketones is 1. The van der Waals surface area contributed by atoms with Gasteiger partial charge in [-0.25, -0.2) is 0 Å². The molecule has 0 saturated heterocycles. The summed E-state index contributed by atoms with van der Waals surface area (Å²) in [7, 11) is 0. The molecule has 0 aromatic heterocycles. The highest BCUT2D eigenvalue weighted by atomic mass is 16.5. The smallest absolute Gasteiger partial charge is 0.216 e. The molecule has 4 N–H and O–H groups in total. The van der Waals surface area contributed by atoms with E-state index in [0.29, 0.717) is 0 Å². The third-order valence-corrected chi connectivity index (χ3v) is 0.924. The van der Waals surface area contributed by atoms with E-state index in [1.165, 1.54) is 0 Å². The molecule has 0 aromatic rings. The summed E-state index contributed by atoms with van der Waals surface area (Å²) in [5, 5.41) is 33.3. The normalized spacial score (nSPS) is 14.3. The van der Waals surface area contributed by atoms with Crippen molar-refractivity contribution >= 4 is 5.78 Å². The predicted molar refractivity (Wildman–Crippen MR) is 35.5 cm³/mol. The van der Waals surface area contributed by atoms with Gasteiger partial charge in [0.2, 0.25) is 12.1 Å². The quantitative estimate of drug-likeness (QED) is 0.277. The summed E-state index contributed by atoms with van der Waals surface area (Å²) in [5.74, 6) is -0.933. The van der Waals surface area contributed by atoms with Gasteiger partial charge in [-0.2, -0.15) is 0 Å². The summed E-state index contributed by atoms with van der Waals surface area (Å²) in [6.45, 7) is -0.509. The van der Waals surface area contributed by atoms with Crippen molar-refractivity contribution in [1.29, 1.82) is 0 Å². The van der Waals surface area contributed by atoms with Crippen LogP contribution in [-0.2, 0) is 4.79 Å². The van der Waals surface area contributed by atoms with Crippen molar-refractivity contribution in [2.75, 3.05) is 6.61 Å². The van der Waals surface area contributed by atoms with Gasteiger partial charge in [0.25, 0.3) is 0 Å². The number of aliphatic hydroxyl groups excluding tert-OH is 3. The lowest BCUT2D eigenvalue weighted by Crippen LogP contribution is -2.17. The Morgan fingerprint density at radius 2 is 1.91 bits per heavy atom. The average Bonchev–Trinajstić information content (AvgIpc) is 1.99. The molecule has 0 amide bonds. The average molecular weight is 162 g/mol. The van der Waals surface area contributed by atoms with Gasteiger partial charge >= 0.3 is 0 Å². The summed E-state index contributed by atoms with van der Waals surface area (Å²) < 4.78 is 0. The van der Waals surface area contributed by atoms with E-state index in [1.807, 2.05) is 0 Å². The van der Waals surface area contributed by atoms with Crippen molar-refractivity contribution in [3.05, 3.63) is 12.2 Å². The highest BCUT2D eigenvalue weighted by Gasteiger charge is 2.06. The van der Waals surface area contributed by atoms with E-state index in [2.05, 4.69) is 0 Å². The van der Waals surface area contributed by atoms with Crippen LogP contribution in [-0.4, -0.2) is 45.2 Å². The number of rotatable bonds is 4. The Kier molecular flexibility index (Phi) is 4.64. The molecule has 0 aliphatic rings.